The standard InChI is InChI=1S/C23H26ClN3O5/c1-14(2)32-17-8-9-18(19(24)10-17)22(30)27-12-15(3)26(23(31)25-11-21(28)29)13-16-6-4-5-7-20(16)27/h4-10,14-15H,11-13H2,1-3H3,(H,25,31)(H,28,29)/t15-/m1/s1. The molecule has 0 saturated carbocycles. The van der Waals surface area contributed by atoms with Gasteiger partial charge in [-0.15, -0.1) is 0 Å². The number of rotatable bonds is 5. The number of hydrogen-bond donors (Lipinski definition) is 2. The number of amides is 3. The highest BCUT2D eigenvalue weighted by Gasteiger charge is 2.32. The van der Waals surface area contributed by atoms with Crippen molar-refractivity contribution in [3.63, 3.8) is 0 Å². The Kier molecular flexibility index (Phi) is 7.25. The summed E-state index contributed by atoms with van der Waals surface area (Å²) in [5.41, 5.74) is 1.77. The van der Waals surface area contributed by atoms with Crippen molar-refractivity contribution in [3.05, 3.63) is 58.6 Å². The van der Waals surface area contributed by atoms with Crippen molar-refractivity contribution in [1.82, 2.24) is 10.2 Å². The number of nitrogens with one attached hydrogen (secondary N) is 1. The van der Waals surface area contributed by atoms with E-state index in [0.717, 1.165) is 5.56 Å². The summed E-state index contributed by atoms with van der Waals surface area (Å²) >= 11 is 6.42. The van der Waals surface area contributed by atoms with Crippen LogP contribution in [0.1, 0.15) is 36.7 Å². The van der Waals surface area contributed by atoms with Gasteiger partial charge >= 0.3 is 12.0 Å². The Morgan fingerprint density at radius 1 is 1.22 bits per heavy atom. The minimum atomic E-state index is -1.13. The molecule has 0 spiro atoms. The maximum atomic E-state index is 13.5. The Labute approximate surface area is 191 Å². The Bertz CT molecular complexity index is 1030. The molecule has 1 aliphatic heterocycles. The molecular weight excluding hydrogens is 434 g/mol. The van der Waals surface area contributed by atoms with Gasteiger partial charge in [0.05, 0.1) is 16.7 Å². The molecular formula is C23H26ClN3O5. The molecule has 0 aromatic heterocycles. The van der Waals surface area contributed by atoms with Crippen molar-refractivity contribution < 1.29 is 24.2 Å². The molecule has 2 aromatic rings. The second-order valence-electron chi connectivity index (χ2n) is 7.88. The van der Waals surface area contributed by atoms with Crippen molar-refractivity contribution in [2.24, 2.45) is 0 Å². The van der Waals surface area contributed by atoms with Crippen molar-refractivity contribution in [2.45, 2.75) is 39.5 Å². The molecule has 170 valence electrons. The first-order valence-electron chi connectivity index (χ1n) is 10.3. The van der Waals surface area contributed by atoms with Crippen LogP contribution in [0.25, 0.3) is 0 Å². The third-order valence-electron chi connectivity index (χ3n) is 5.04. The van der Waals surface area contributed by atoms with Crippen molar-refractivity contribution in [3.8, 4) is 5.75 Å². The molecule has 9 heteroatoms. The van der Waals surface area contributed by atoms with Crippen LogP contribution in [-0.4, -0.2) is 53.1 Å². The van der Waals surface area contributed by atoms with E-state index in [1.165, 1.54) is 4.90 Å². The Morgan fingerprint density at radius 2 is 1.94 bits per heavy atom. The first-order chi connectivity index (χ1) is 15.2. The number of benzene rings is 2. The minimum absolute atomic E-state index is 0.0239. The fraction of sp³-hybridized carbons (Fsp3) is 0.348. The van der Waals surface area contributed by atoms with E-state index in [2.05, 4.69) is 5.32 Å². The maximum absolute atomic E-state index is 13.5. The van der Waals surface area contributed by atoms with Crippen LogP contribution in [0.2, 0.25) is 5.02 Å². The number of ether oxygens (including phenoxy) is 1. The number of aliphatic carboxylic acids is 1. The quantitative estimate of drug-likeness (QED) is 0.709. The fourth-order valence-electron chi connectivity index (χ4n) is 3.59. The van der Waals surface area contributed by atoms with E-state index < -0.39 is 18.5 Å². The normalized spacial score (nSPS) is 15.7. The van der Waals surface area contributed by atoms with Gasteiger partial charge < -0.3 is 25.0 Å². The zero-order chi connectivity index (χ0) is 23.4. The second-order valence-corrected chi connectivity index (χ2v) is 8.29. The van der Waals surface area contributed by atoms with Gasteiger partial charge in [-0.05, 0) is 50.6 Å². The van der Waals surface area contributed by atoms with Gasteiger partial charge in [-0.25, -0.2) is 4.79 Å². The lowest BCUT2D eigenvalue weighted by Gasteiger charge is -2.29. The van der Waals surface area contributed by atoms with Crippen LogP contribution in [-0.2, 0) is 11.3 Å². The van der Waals surface area contributed by atoms with Gasteiger partial charge in [-0.1, -0.05) is 29.8 Å². The monoisotopic (exact) mass is 459 g/mol. The highest BCUT2D eigenvalue weighted by Crippen LogP contribution is 2.31. The van der Waals surface area contributed by atoms with Crippen LogP contribution in [0.15, 0.2) is 42.5 Å². The van der Waals surface area contributed by atoms with Gasteiger partial charge in [0.2, 0.25) is 0 Å². The van der Waals surface area contributed by atoms with E-state index in [0.29, 0.717) is 17.0 Å². The van der Waals surface area contributed by atoms with E-state index in [-0.39, 0.29) is 36.2 Å². The van der Waals surface area contributed by atoms with Crippen LogP contribution in [0.3, 0.4) is 0 Å². The third kappa shape index (κ3) is 5.31. The third-order valence-corrected chi connectivity index (χ3v) is 5.35. The van der Waals surface area contributed by atoms with Gasteiger partial charge in [-0.3, -0.25) is 9.59 Å². The summed E-state index contributed by atoms with van der Waals surface area (Å²) in [6, 6.07) is 11.4. The fourth-order valence-corrected chi connectivity index (χ4v) is 3.84. The summed E-state index contributed by atoms with van der Waals surface area (Å²) in [4.78, 5) is 40.1. The largest absolute Gasteiger partial charge is 0.491 e. The average molecular weight is 460 g/mol. The average Bonchev–Trinajstić information content (AvgIpc) is 2.88. The van der Waals surface area contributed by atoms with Crippen LogP contribution in [0.5, 0.6) is 5.75 Å². The number of anilines is 1. The molecule has 0 radical (unpaired) electrons. The van der Waals surface area contributed by atoms with E-state index in [1.807, 2.05) is 45.0 Å². The first kappa shape index (κ1) is 23.4. The number of carboxylic acids is 1. The first-order valence-corrected chi connectivity index (χ1v) is 10.7. The molecule has 8 nitrogen and oxygen atoms in total. The SMILES string of the molecule is CC(C)Oc1ccc(C(=O)N2C[C@@H](C)N(C(=O)NCC(=O)O)Cc3ccccc32)c(Cl)c1. The zero-order valence-corrected chi connectivity index (χ0v) is 18.9. The highest BCUT2D eigenvalue weighted by atomic mass is 35.5. The van der Waals surface area contributed by atoms with Crippen LogP contribution < -0.4 is 15.0 Å². The number of halogens is 1. The van der Waals surface area contributed by atoms with E-state index in [1.54, 1.807) is 23.1 Å². The molecule has 0 bridgehead atoms. The number of carbonyl (C=O) groups excluding carboxylic acids is 2. The molecule has 1 aliphatic rings. The Morgan fingerprint density at radius 3 is 2.59 bits per heavy atom. The summed E-state index contributed by atoms with van der Waals surface area (Å²) < 4.78 is 5.65. The lowest BCUT2D eigenvalue weighted by molar-refractivity contribution is -0.135. The van der Waals surface area contributed by atoms with Gasteiger partial charge in [-0.2, -0.15) is 0 Å². The lowest BCUT2D eigenvalue weighted by atomic mass is 10.1. The Hall–Kier alpha value is -3.26. The van der Waals surface area contributed by atoms with Crippen molar-refractivity contribution in [2.75, 3.05) is 18.0 Å². The maximum Gasteiger partial charge on any atom is 0.323 e. The number of carboxylic acid groups (broad SMARTS) is 1. The number of hydrogen-bond acceptors (Lipinski definition) is 4. The van der Waals surface area contributed by atoms with Crippen LogP contribution in [0.4, 0.5) is 10.5 Å². The van der Waals surface area contributed by atoms with Crippen LogP contribution in [0, 0.1) is 0 Å². The topological polar surface area (TPSA) is 99.2 Å². The lowest BCUT2D eigenvalue weighted by Crippen LogP contribution is -2.49. The summed E-state index contributed by atoms with van der Waals surface area (Å²) in [6.45, 7) is 5.60. The molecule has 3 amide bonds. The molecule has 0 fully saturated rings. The second kappa shape index (κ2) is 9.91. The summed E-state index contributed by atoms with van der Waals surface area (Å²) in [5, 5.41) is 11.5. The molecule has 1 atom stereocenters. The highest BCUT2D eigenvalue weighted by molar-refractivity contribution is 6.34. The van der Waals surface area contributed by atoms with E-state index in [4.69, 9.17) is 21.4 Å². The molecule has 0 saturated heterocycles. The predicted octanol–water partition coefficient (Wildman–Crippen LogP) is 3.77. The predicted molar refractivity (Wildman–Crippen MR) is 121 cm³/mol. The number of urea groups is 1. The van der Waals surface area contributed by atoms with Gasteiger partial charge in [0.1, 0.15) is 12.3 Å². The minimum Gasteiger partial charge on any atom is -0.491 e. The molecule has 2 aromatic carbocycles. The molecule has 32 heavy (non-hydrogen) atoms. The number of nitrogens with zero attached hydrogens (tertiary/aromatic N) is 2. The van der Waals surface area contributed by atoms with E-state index in [9.17, 15) is 14.4 Å². The zero-order valence-electron chi connectivity index (χ0n) is 18.2. The molecule has 2 N–H and O–H groups in total. The smallest absolute Gasteiger partial charge is 0.323 e. The number of para-hydroxylation sites is 1. The van der Waals surface area contributed by atoms with Gasteiger partial charge in [0.15, 0.2) is 0 Å². The summed E-state index contributed by atoms with van der Waals surface area (Å²) in [7, 11) is 0. The van der Waals surface area contributed by atoms with Crippen molar-refractivity contribution >= 4 is 35.2 Å². The molecule has 1 heterocycles. The van der Waals surface area contributed by atoms with Crippen molar-refractivity contribution in [1.29, 1.82) is 0 Å². The number of carbonyl (C=O) groups is 3. The molecule has 3 rings (SSSR count). The van der Waals surface area contributed by atoms with Gasteiger partial charge in [0.25, 0.3) is 5.91 Å². The Balaban J connectivity index is 1.91. The summed E-state index contributed by atoms with van der Waals surface area (Å²) in [5.74, 6) is -0.844. The molecule has 0 aliphatic carbocycles. The number of fused-ring (bicyclic) bond motifs is 1. The van der Waals surface area contributed by atoms with Crippen LogP contribution >= 0.6 is 11.6 Å². The van der Waals surface area contributed by atoms with Gasteiger partial charge in [0, 0.05) is 24.8 Å². The summed E-state index contributed by atoms with van der Waals surface area (Å²) in [6.07, 6.45) is -0.0239. The molecule has 0 unspecified atom stereocenters. The van der Waals surface area contributed by atoms with E-state index >= 15 is 0 Å².